The largest absolute Gasteiger partial charge is 0.456 e. The fourth-order valence-corrected chi connectivity index (χ4v) is 6.95. The Morgan fingerprint density at radius 2 is 1.12 bits per heavy atom. The molecule has 228 valence electrons. The van der Waals surface area contributed by atoms with Crippen molar-refractivity contribution in [3.8, 4) is 67.7 Å². The topological polar surface area (TPSA) is 64.7 Å². The SMILES string of the molecule is CC1(C)c2ccccc2-c2c(-c3nc(-c4ccc(-c5cccnc5)cc4)nc(-c4ccc(-c5cc6ccccc6o5)cc4)n3)cccc21. The van der Waals surface area contributed by atoms with Gasteiger partial charge in [0, 0.05) is 45.4 Å². The van der Waals surface area contributed by atoms with Crippen LogP contribution in [0.15, 0.2) is 150 Å². The molecule has 1 aliphatic rings. The Morgan fingerprint density at radius 3 is 1.85 bits per heavy atom. The first kappa shape index (κ1) is 28.1. The Hall–Kier alpha value is -6.20. The molecule has 0 aliphatic heterocycles. The Morgan fingerprint density at radius 1 is 0.500 bits per heavy atom. The molecule has 0 saturated carbocycles. The summed E-state index contributed by atoms with van der Waals surface area (Å²) in [5, 5.41) is 1.08. The number of pyridine rings is 1. The molecule has 8 aromatic rings. The number of para-hydroxylation sites is 1. The minimum Gasteiger partial charge on any atom is -0.456 e. The molecule has 5 aromatic carbocycles. The fraction of sp³-hybridized carbons (Fsp3) is 0.0698. The van der Waals surface area contributed by atoms with E-state index < -0.39 is 0 Å². The van der Waals surface area contributed by atoms with Crippen LogP contribution in [-0.2, 0) is 5.41 Å². The van der Waals surface area contributed by atoms with Gasteiger partial charge in [0.15, 0.2) is 17.5 Å². The van der Waals surface area contributed by atoms with Crippen LogP contribution >= 0.6 is 0 Å². The summed E-state index contributed by atoms with van der Waals surface area (Å²) in [6, 6.07) is 45.9. The first-order valence-corrected chi connectivity index (χ1v) is 16.1. The number of aromatic nitrogens is 4. The number of furan rings is 1. The van der Waals surface area contributed by atoms with Crippen LogP contribution in [0.4, 0.5) is 0 Å². The summed E-state index contributed by atoms with van der Waals surface area (Å²) >= 11 is 0. The third-order valence-electron chi connectivity index (χ3n) is 9.47. The summed E-state index contributed by atoms with van der Waals surface area (Å²) in [7, 11) is 0. The highest BCUT2D eigenvalue weighted by molar-refractivity contribution is 5.91. The Kier molecular flexibility index (Phi) is 6.40. The molecule has 0 N–H and O–H groups in total. The predicted octanol–water partition coefficient (Wildman–Crippen LogP) is 10.7. The summed E-state index contributed by atoms with van der Waals surface area (Å²) in [5.41, 5.74) is 11.7. The van der Waals surface area contributed by atoms with E-state index in [9.17, 15) is 0 Å². The zero-order valence-electron chi connectivity index (χ0n) is 26.6. The van der Waals surface area contributed by atoms with E-state index in [-0.39, 0.29) is 5.41 Å². The van der Waals surface area contributed by atoms with Gasteiger partial charge < -0.3 is 4.42 Å². The number of hydrogen-bond donors (Lipinski definition) is 0. The standard InChI is InChI=1S/C43H30N4O/c1-43(2)35-13-5-4-11-33(35)39-34(12-7-14-36(39)43)42-46-40(29-20-16-27(17-21-29)32-10-8-24-44-26-32)45-41(47-42)30-22-18-28(19-23-30)38-25-31-9-3-6-15-37(31)48-38/h3-26H,1-2H3. The molecule has 0 bridgehead atoms. The molecule has 1 aliphatic carbocycles. The predicted molar refractivity (Wildman–Crippen MR) is 192 cm³/mol. The molecule has 48 heavy (non-hydrogen) atoms. The van der Waals surface area contributed by atoms with Crippen LogP contribution in [0.25, 0.3) is 78.7 Å². The van der Waals surface area contributed by atoms with Crippen molar-refractivity contribution in [2.24, 2.45) is 0 Å². The molecule has 3 aromatic heterocycles. The Balaban J connectivity index is 1.19. The summed E-state index contributed by atoms with van der Waals surface area (Å²) in [5.74, 6) is 2.72. The van der Waals surface area contributed by atoms with Crippen LogP contribution in [0.5, 0.6) is 0 Å². The highest BCUT2D eigenvalue weighted by Crippen LogP contribution is 2.51. The van der Waals surface area contributed by atoms with E-state index in [1.165, 1.54) is 22.3 Å². The number of benzene rings is 5. The van der Waals surface area contributed by atoms with Gasteiger partial charge in [-0.25, -0.2) is 15.0 Å². The normalized spacial score (nSPS) is 13.0. The minimum absolute atomic E-state index is 0.130. The smallest absolute Gasteiger partial charge is 0.164 e. The van der Waals surface area contributed by atoms with Crippen LogP contribution < -0.4 is 0 Å². The zero-order chi connectivity index (χ0) is 32.2. The molecule has 0 spiro atoms. The molecule has 3 heterocycles. The second-order valence-electron chi connectivity index (χ2n) is 12.7. The lowest BCUT2D eigenvalue weighted by molar-refractivity contribution is 0.631. The molecule has 9 rings (SSSR count). The number of nitrogens with zero attached hydrogens (tertiary/aromatic N) is 4. The van der Waals surface area contributed by atoms with Crippen molar-refractivity contribution < 1.29 is 4.42 Å². The maximum atomic E-state index is 6.14. The van der Waals surface area contributed by atoms with E-state index >= 15 is 0 Å². The fourth-order valence-electron chi connectivity index (χ4n) is 6.95. The Labute approximate surface area is 278 Å². The summed E-state index contributed by atoms with van der Waals surface area (Å²) in [6.45, 7) is 4.58. The van der Waals surface area contributed by atoms with E-state index in [1.54, 1.807) is 6.20 Å². The van der Waals surface area contributed by atoms with Crippen LogP contribution in [0.1, 0.15) is 25.0 Å². The quantitative estimate of drug-likeness (QED) is 0.192. The highest BCUT2D eigenvalue weighted by Gasteiger charge is 2.37. The van der Waals surface area contributed by atoms with E-state index in [1.807, 2.05) is 30.5 Å². The second-order valence-corrected chi connectivity index (χ2v) is 12.7. The second kappa shape index (κ2) is 11.0. The van der Waals surface area contributed by atoms with E-state index in [2.05, 4.69) is 128 Å². The van der Waals surface area contributed by atoms with Crippen LogP contribution in [0, 0.1) is 0 Å². The van der Waals surface area contributed by atoms with Crippen LogP contribution in [0.2, 0.25) is 0 Å². The van der Waals surface area contributed by atoms with Gasteiger partial charge in [0.2, 0.25) is 0 Å². The first-order chi connectivity index (χ1) is 23.5. The Bertz CT molecular complexity index is 2430. The number of hydrogen-bond acceptors (Lipinski definition) is 5. The van der Waals surface area contributed by atoms with Gasteiger partial charge in [-0.15, -0.1) is 0 Å². The molecule has 5 nitrogen and oxygen atoms in total. The monoisotopic (exact) mass is 618 g/mol. The van der Waals surface area contributed by atoms with Gasteiger partial charge in [-0.3, -0.25) is 4.98 Å². The molecule has 5 heteroatoms. The summed E-state index contributed by atoms with van der Waals surface area (Å²) in [4.78, 5) is 19.6. The van der Waals surface area contributed by atoms with Gasteiger partial charge in [-0.05, 0) is 51.6 Å². The maximum absolute atomic E-state index is 6.14. The van der Waals surface area contributed by atoms with Crippen LogP contribution in [-0.4, -0.2) is 19.9 Å². The summed E-state index contributed by atoms with van der Waals surface area (Å²) in [6.07, 6.45) is 3.66. The third-order valence-corrected chi connectivity index (χ3v) is 9.47. The number of rotatable bonds is 5. The highest BCUT2D eigenvalue weighted by atomic mass is 16.3. The van der Waals surface area contributed by atoms with Gasteiger partial charge in [0.25, 0.3) is 0 Å². The molecule has 0 unspecified atom stereocenters. The first-order valence-electron chi connectivity index (χ1n) is 16.1. The van der Waals surface area contributed by atoms with Gasteiger partial charge >= 0.3 is 0 Å². The molecule has 0 radical (unpaired) electrons. The summed E-state index contributed by atoms with van der Waals surface area (Å²) < 4.78 is 6.14. The van der Waals surface area contributed by atoms with Crippen LogP contribution in [0.3, 0.4) is 0 Å². The van der Waals surface area contributed by atoms with Crippen molar-refractivity contribution in [2.75, 3.05) is 0 Å². The lowest BCUT2D eigenvalue weighted by Crippen LogP contribution is -2.14. The average Bonchev–Trinajstić information content (AvgIpc) is 3.69. The van der Waals surface area contributed by atoms with E-state index in [0.29, 0.717) is 17.5 Å². The average molecular weight is 619 g/mol. The van der Waals surface area contributed by atoms with Crippen molar-refractivity contribution in [3.63, 3.8) is 0 Å². The van der Waals surface area contributed by atoms with Gasteiger partial charge in [-0.2, -0.15) is 0 Å². The van der Waals surface area contributed by atoms with Crippen molar-refractivity contribution in [1.82, 2.24) is 19.9 Å². The van der Waals surface area contributed by atoms with Gasteiger partial charge in [0.1, 0.15) is 11.3 Å². The third kappa shape index (κ3) is 4.63. The zero-order valence-corrected chi connectivity index (χ0v) is 26.6. The molecule has 0 amide bonds. The van der Waals surface area contributed by atoms with Gasteiger partial charge in [0.05, 0.1) is 0 Å². The van der Waals surface area contributed by atoms with E-state index in [4.69, 9.17) is 19.4 Å². The molecular weight excluding hydrogens is 589 g/mol. The molecule has 0 saturated heterocycles. The van der Waals surface area contributed by atoms with E-state index in [0.717, 1.165) is 50.1 Å². The van der Waals surface area contributed by atoms with Crippen molar-refractivity contribution >= 4 is 11.0 Å². The molecule has 0 atom stereocenters. The van der Waals surface area contributed by atoms with Gasteiger partial charge in [-0.1, -0.05) is 129 Å². The van der Waals surface area contributed by atoms with Crippen molar-refractivity contribution in [1.29, 1.82) is 0 Å². The lowest BCUT2D eigenvalue weighted by Gasteiger charge is -2.21. The minimum atomic E-state index is -0.130. The lowest BCUT2D eigenvalue weighted by atomic mass is 9.82. The molecular formula is C43H30N4O. The maximum Gasteiger partial charge on any atom is 0.164 e. The van der Waals surface area contributed by atoms with Crippen molar-refractivity contribution in [3.05, 3.63) is 157 Å². The molecule has 0 fully saturated rings. The number of fused-ring (bicyclic) bond motifs is 4. The van der Waals surface area contributed by atoms with Crippen molar-refractivity contribution in [2.45, 2.75) is 19.3 Å².